The molecule has 2 unspecified atom stereocenters. The van der Waals surface area contributed by atoms with Crippen molar-refractivity contribution in [1.29, 1.82) is 0 Å². The zero-order valence-corrected chi connectivity index (χ0v) is 10.6. The summed E-state index contributed by atoms with van der Waals surface area (Å²) in [5.74, 6) is 0.671. The van der Waals surface area contributed by atoms with Crippen molar-refractivity contribution in [2.45, 2.75) is 46.6 Å². The molecule has 0 saturated carbocycles. The van der Waals surface area contributed by atoms with Crippen LogP contribution in [-0.4, -0.2) is 26.9 Å². The standard InChI is InChI=1S/C12H26O2/c1-7-10(2)12(3,4)11(14-6)8-9-13-5/h10-11H,7-9H2,1-6H3. The van der Waals surface area contributed by atoms with E-state index in [-0.39, 0.29) is 11.5 Å². The molecule has 0 aromatic rings. The maximum absolute atomic E-state index is 5.56. The van der Waals surface area contributed by atoms with Gasteiger partial charge in [0, 0.05) is 20.8 Å². The monoisotopic (exact) mass is 202 g/mol. The normalized spacial score (nSPS) is 16.7. The highest BCUT2D eigenvalue weighted by Gasteiger charge is 2.33. The highest BCUT2D eigenvalue weighted by Crippen LogP contribution is 2.35. The fourth-order valence-corrected chi connectivity index (χ4v) is 1.86. The van der Waals surface area contributed by atoms with Crippen molar-refractivity contribution < 1.29 is 9.47 Å². The minimum atomic E-state index is 0.224. The van der Waals surface area contributed by atoms with Gasteiger partial charge in [0.1, 0.15) is 0 Å². The van der Waals surface area contributed by atoms with E-state index in [2.05, 4.69) is 27.7 Å². The van der Waals surface area contributed by atoms with E-state index >= 15 is 0 Å². The molecule has 0 aromatic heterocycles. The minimum absolute atomic E-state index is 0.224. The average Bonchev–Trinajstić information content (AvgIpc) is 2.17. The van der Waals surface area contributed by atoms with Gasteiger partial charge in [0.25, 0.3) is 0 Å². The van der Waals surface area contributed by atoms with Crippen molar-refractivity contribution >= 4 is 0 Å². The van der Waals surface area contributed by atoms with Crippen LogP contribution in [0.2, 0.25) is 0 Å². The van der Waals surface area contributed by atoms with Gasteiger partial charge in [0.15, 0.2) is 0 Å². The molecule has 2 atom stereocenters. The SMILES string of the molecule is CCC(C)C(C)(C)C(CCOC)OC. The second-order valence-corrected chi connectivity index (χ2v) is 4.64. The summed E-state index contributed by atoms with van der Waals surface area (Å²) < 4.78 is 10.7. The number of methoxy groups -OCH3 is 2. The first-order chi connectivity index (χ1) is 6.50. The molecule has 0 fully saturated rings. The molecule has 14 heavy (non-hydrogen) atoms. The van der Waals surface area contributed by atoms with Crippen molar-refractivity contribution in [2.75, 3.05) is 20.8 Å². The maximum atomic E-state index is 5.56. The number of hydrogen-bond donors (Lipinski definition) is 0. The van der Waals surface area contributed by atoms with E-state index in [4.69, 9.17) is 9.47 Å². The van der Waals surface area contributed by atoms with Gasteiger partial charge in [-0.2, -0.15) is 0 Å². The third-order valence-corrected chi connectivity index (χ3v) is 3.58. The molecular weight excluding hydrogens is 176 g/mol. The molecule has 0 aromatic carbocycles. The Morgan fingerprint density at radius 2 is 1.79 bits per heavy atom. The van der Waals surface area contributed by atoms with Gasteiger partial charge in [0.2, 0.25) is 0 Å². The summed E-state index contributed by atoms with van der Waals surface area (Å²) in [6.45, 7) is 9.86. The van der Waals surface area contributed by atoms with Crippen LogP contribution in [0.4, 0.5) is 0 Å². The highest BCUT2D eigenvalue weighted by atomic mass is 16.5. The Labute approximate surface area is 89.0 Å². The molecule has 0 N–H and O–H groups in total. The van der Waals surface area contributed by atoms with E-state index in [0.717, 1.165) is 13.0 Å². The van der Waals surface area contributed by atoms with Crippen molar-refractivity contribution in [3.63, 3.8) is 0 Å². The van der Waals surface area contributed by atoms with E-state index in [1.807, 2.05) is 0 Å². The quantitative estimate of drug-likeness (QED) is 0.631. The fourth-order valence-electron chi connectivity index (χ4n) is 1.86. The molecule has 0 radical (unpaired) electrons. The topological polar surface area (TPSA) is 18.5 Å². The first kappa shape index (κ1) is 13.9. The Morgan fingerprint density at radius 3 is 2.14 bits per heavy atom. The fraction of sp³-hybridized carbons (Fsp3) is 1.00. The molecule has 0 aliphatic carbocycles. The highest BCUT2D eigenvalue weighted by molar-refractivity contribution is 4.83. The molecular formula is C12H26O2. The van der Waals surface area contributed by atoms with E-state index in [1.54, 1.807) is 14.2 Å². The first-order valence-corrected chi connectivity index (χ1v) is 5.52. The molecule has 0 bridgehead atoms. The van der Waals surface area contributed by atoms with Crippen molar-refractivity contribution in [1.82, 2.24) is 0 Å². The van der Waals surface area contributed by atoms with Gasteiger partial charge in [-0.1, -0.05) is 34.1 Å². The van der Waals surface area contributed by atoms with Crippen LogP contribution >= 0.6 is 0 Å². The largest absolute Gasteiger partial charge is 0.385 e. The molecule has 86 valence electrons. The zero-order chi connectivity index (χ0) is 11.2. The van der Waals surface area contributed by atoms with Crippen LogP contribution < -0.4 is 0 Å². The third kappa shape index (κ3) is 3.58. The van der Waals surface area contributed by atoms with Crippen LogP contribution in [-0.2, 0) is 9.47 Å². The number of rotatable bonds is 7. The Hall–Kier alpha value is -0.0800. The molecule has 0 aliphatic heterocycles. The summed E-state index contributed by atoms with van der Waals surface area (Å²) >= 11 is 0. The second-order valence-electron chi connectivity index (χ2n) is 4.64. The Morgan fingerprint density at radius 1 is 1.21 bits per heavy atom. The summed E-state index contributed by atoms with van der Waals surface area (Å²) in [6.07, 6.45) is 2.46. The molecule has 0 heterocycles. The lowest BCUT2D eigenvalue weighted by Gasteiger charge is -2.38. The van der Waals surface area contributed by atoms with Gasteiger partial charge in [-0.3, -0.25) is 0 Å². The average molecular weight is 202 g/mol. The van der Waals surface area contributed by atoms with Crippen LogP contribution in [0.3, 0.4) is 0 Å². The second kappa shape index (κ2) is 6.41. The number of hydrogen-bond acceptors (Lipinski definition) is 2. The molecule has 0 spiro atoms. The molecule has 0 saturated heterocycles. The van der Waals surface area contributed by atoms with Crippen molar-refractivity contribution in [3.05, 3.63) is 0 Å². The molecule has 0 amide bonds. The van der Waals surface area contributed by atoms with Gasteiger partial charge in [-0.25, -0.2) is 0 Å². The first-order valence-electron chi connectivity index (χ1n) is 5.52. The lowest BCUT2D eigenvalue weighted by molar-refractivity contribution is -0.0397. The van der Waals surface area contributed by atoms with E-state index in [9.17, 15) is 0 Å². The predicted octanol–water partition coefficient (Wildman–Crippen LogP) is 3.11. The third-order valence-electron chi connectivity index (χ3n) is 3.58. The molecule has 2 nitrogen and oxygen atoms in total. The minimum Gasteiger partial charge on any atom is -0.385 e. The van der Waals surface area contributed by atoms with E-state index < -0.39 is 0 Å². The van der Waals surface area contributed by atoms with E-state index in [0.29, 0.717) is 5.92 Å². The van der Waals surface area contributed by atoms with Gasteiger partial charge in [-0.05, 0) is 17.8 Å². The summed E-state index contributed by atoms with van der Waals surface area (Å²) in [5, 5.41) is 0. The Bertz CT molecular complexity index is 143. The maximum Gasteiger partial charge on any atom is 0.0646 e. The number of ether oxygens (including phenoxy) is 2. The van der Waals surface area contributed by atoms with Gasteiger partial charge in [-0.15, -0.1) is 0 Å². The Balaban J connectivity index is 4.31. The lowest BCUT2D eigenvalue weighted by Crippen LogP contribution is -2.37. The van der Waals surface area contributed by atoms with Gasteiger partial charge < -0.3 is 9.47 Å². The van der Waals surface area contributed by atoms with Crippen LogP contribution in [0.1, 0.15) is 40.5 Å². The summed E-state index contributed by atoms with van der Waals surface area (Å²) in [6, 6.07) is 0. The molecule has 2 heteroatoms. The predicted molar refractivity (Wildman–Crippen MR) is 60.5 cm³/mol. The van der Waals surface area contributed by atoms with Crippen molar-refractivity contribution in [3.8, 4) is 0 Å². The lowest BCUT2D eigenvalue weighted by atomic mass is 9.73. The molecule has 0 aliphatic rings. The molecule has 0 rings (SSSR count). The van der Waals surface area contributed by atoms with Crippen LogP contribution in [0, 0.1) is 11.3 Å². The zero-order valence-electron chi connectivity index (χ0n) is 10.6. The summed E-state index contributed by atoms with van der Waals surface area (Å²) in [5.41, 5.74) is 0.224. The van der Waals surface area contributed by atoms with Crippen molar-refractivity contribution in [2.24, 2.45) is 11.3 Å². The summed E-state index contributed by atoms with van der Waals surface area (Å²) in [4.78, 5) is 0. The van der Waals surface area contributed by atoms with Gasteiger partial charge in [0.05, 0.1) is 6.10 Å². The van der Waals surface area contributed by atoms with Gasteiger partial charge >= 0.3 is 0 Å². The summed E-state index contributed by atoms with van der Waals surface area (Å²) in [7, 11) is 3.54. The van der Waals surface area contributed by atoms with Crippen LogP contribution in [0.5, 0.6) is 0 Å². The van der Waals surface area contributed by atoms with E-state index in [1.165, 1.54) is 6.42 Å². The Kier molecular flexibility index (Phi) is 6.38. The smallest absolute Gasteiger partial charge is 0.0646 e. The van der Waals surface area contributed by atoms with Crippen LogP contribution in [0.15, 0.2) is 0 Å². The van der Waals surface area contributed by atoms with Crippen LogP contribution in [0.25, 0.3) is 0 Å².